The van der Waals surface area contributed by atoms with E-state index in [2.05, 4.69) is 0 Å². The quantitative estimate of drug-likeness (QED) is 0.851. The van der Waals surface area contributed by atoms with Crippen molar-refractivity contribution in [2.75, 3.05) is 32.9 Å². The average molecular weight is 379 g/mol. The number of benzene rings is 1. The van der Waals surface area contributed by atoms with Gasteiger partial charge in [0.2, 0.25) is 10.0 Å². The Hall–Kier alpha value is -1.22. The Morgan fingerprint density at radius 3 is 2.62 bits per heavy atom. The minimum Gasteiger partial charge on any atom is -0.391 e. The number of halogens is 2. The van der Waals surface area contributed by atoms with Crippen LogP contribution in [0.3, 0.4) is 0 Å². The lowest BCUT2D eigenvalue weighted by atomic mass is 10.1. The van der Waals surface area contributed by atoms with Crippen molar-refractivity contribution in [1.29, 1.82) is 0 Å². The van der Waals surface area contributed by atoms with Crippen LogP contribution in [0, 0.1) is 18.7 Å². The van der Waals surface area contributed by atoms with Gasteiger partial charge >= 0.3 is 0 Å². The van der Waals surface area contributed by atoms with Crippen molar-refractivity contribution in [1.82, 2.24) is 9.21 Å². The van der Waals surface area contributed by atoms with Crippen molar-refractivity contribution in [2.24, 2.45) is 5.92 Å². The monoisotopic (exact) mass is 378 g/mol. The highest BCUT2D eigenvalue weighted by Gasteiger charge is 2.38. The first kappa shape index (κ1) is 19.1. The van der Waals surface area contributed by atoms with Crippen LogP contribution < -0.4 is 0 Å². The number of aliphatic hydroxyl groups is 1. The van der Waals surface area contributed by atoms with Gasteiger partial charge in [0.25, 0.3) is 5.91 Å². The van der Waals surface area contributed by atoms with E-state index >= 15 is 0 Å². The van der Waals surface area contributed by atoms with E-state index in [0.717, 1.165) is 10.4 Å². The van der Waals surface area contributed by atoms with Gasteiger partial charge in [-0.25, -0.2) is 17.1 Å². The maximum absolute atomic E-state index is 14.0. The van der Waals surface area contributed by atoms with Crippen LogP contribution in [0.2, 0.25) is 5.02 Å². The maximum atomic E-state index is 14.0. The van der Waals surface area contributed by atoms with Gasteiger partial charge in [-0.15, -0.1) is 0 Å². The molecule has 1 fully saturated rings. The summed E-state index contributed by atoms with van der Waals surface area (Å²) < 4.78 is 39.0. The Kier molecular flexibility index (Phi) is 5.54. The number of nitrogens with zero attached hydrogens (tertiary/aromatic N) is 2. The van der Waals surface area contributed by atoms with Crippen LogP contribution in [-0.4, -0.2) is 67.7 Å². The van der Waals surface area contributed by atoms with E-state index in [1.54, 1.807) is 6.92 Å². The third-order valence-electron chi connectivity index (χ3n) is 4.17. The Labute approximate surface area is 145 Å². The summed E-state index contributed by atoms with van der Waals surface area (Å²) in [4.78, 5) is 13.8. The summed E-state index contributed by atoms with van der Waals surface area (Å²) in [6.45, 7) is 1.62. The Morgan fingerprint density at radius 2 is 2.04 bits per heavy atom. The summed E-state index contributed by atoms with van der Waals surface area (Å²) in [7, 11) is -0.708. The first-order valence-corrected chi connectivity index (χ1v) is 9.35. The number of rotatable bonds is 4. The van der Waals surface area contributed by atoms with Crippen molar-refractivity contribution in [3.63, 3.8) is 0 Å². The fourth-order valence-electron chi connectivity index (χ4n) is 2.61. The number of β-amino-alcohol motifs (C(OH)–C–C–N with tert-alkyl or cyclic N) is 1. The van der Waals surface area contributed by atoms with E-state index in [1.165, 1.54) is 25.1 Å². The topological polar surface area (TPSA) is 77.9 Å². The number of carbonyl (C=O) groups excluding carboxylic acids is 1. The van der Waals surface area contributed by atoms with Gasteiger partial charge in [0, 0.05) is 33.1 Å². The molecule has 1 saturated heterocycles. The van der Waals surface area contributed by atoms with Crippen LogP contribution in [0.4, 0.5) is 4.39 Å². The molecule has 1 aliphatic rings. The number of carbonyl (C=O) groups is 1. The van der Waals surface area contributed by atoms with Crippen LogP contribution in [0.15, 0.2) is 12.1 Å². The Bertz CT molecular complexity index is 754. The van der Waals surface area contributed by atoms with E-state index in [4.69, 9.17) is 11.6 Å². The van der Waals surface area contributed by atoms with Gasteiger partial charge in [-0.3, -0.25) is 4.79 Å². The number of aryl methyl sites for hydroxylation is 1. The zero-order valence-corrected chi connectivity index (χ0v) is 15.2. The molecule has 0 aromatic heterocycles. The Morgan fingerprint density at radius 1 is 1.42 bits per heavy atom. The molecular formula is C15H20ClFN2O4S. The third-order valence-corrected chi connectivity index (χ3v) is 6.62. The summed E-state index contributed by atoms with van der Waals surface area (Å²) in [6.07, 6.45) is -0.990. The molecule has 2 atom stereocenters. The van der Waals surface area contributed by atoms with Gasteiger partial charge < -0.3 is 10.0 Å². The summed E-state index contributed by atoms with van der Waals surface area (Å²) in [5.41, 5.74) is 0.313. The predicted octanol–water partition coefficient (Wildman–Crippen LogP) is 1.11. The number of hydrogen-bond acceptors (Lipinski definition) is 4. The number of amides is 1. The minimum absolute atomic E-state index is 0.0246. The standard InChI is InChI=1S/C15H20ClFN2O4S/c1-9-4-5-11(17)13(14(9)16)15(21)19-6-10(12(20)7-19)8-24(22,23)18(2)3/h4-5,10,12,20H,6-8H2,1-3H3/t10-,12+/m0/s1. The number of sulfonamides is 1. The summed E-state index contributed by atoms with van der Waals surface area (Å²) in [5.74, 6) is -2.30. The van der Waals surface area contributed by atoms with Crippen LogP contribution in [0.25, 0.3) is 0 Å². The SMILES string of the molecule is Cc1ccc(F)c(C(=O)N2C[C@@H](CS(=O)(=O)N(C)C)[C@H](O)C2)c1Cl. The molecule has 24 heavy (non-hydrogen) atoms. The van der Waals surface area contributed by atoms with E-state index in [1.807, 2.05) is 0 Å². The van der Waals surface area contributed by atoms with Crippen LogP contribution in [0.1, 0.15) is 15.9 Å². The van der Waals surface area contributed by atoms with Gasteiger partial charge in [-0.1, -0.05) is 17.7 Å². The molecule has 1 aliphatic heterocycles. The van der Waals surface area contributed by atoms with Crippen molar-refractivity contribution in [2.45, 2.75) is 13.0 Å². The second-order valence-corrected chi connectivity index (χ2v) is 8.76. The third kappa shape index (κ3) is 3.72. The van der Waals surface area contributed by atoms with Crippen LogP contribution in [0.5, 0.6) is 0 Å². The molecule has 0 spiro atoms. The minimum atomic E-state index is -3.52. The highest BCUT2D eigenvalue weighted by Crippen LogP contribution is 2.28. The molecule has 1 amide bonds. The Balaban J connectivity index is 2.21. The smallest absolute Gasteiger partial charge is 0.258 e. The van der Waals surface area contributed by atoms with Gasteiger partial charge in [-0.2, -0.15) is 0 Å². The highest BCUT2D eigenvalue weighted by atomic mass is 35.5. The van der Waals surface area contributed by atoms with Crippen molar-refractivity contribution >= 4 is 27.5 Å². The molecule has 0 aliphatic carbocycles. The average Bonchev–Trinajstić information content (AvgIpc) is 2.83. The van der Waals surface area contributed by atoms with E-state index in [0.29, 0.717) is 5.56 Å². The van der Waals surface area contributed by atoms with Crippen molar-refractivity contribution in [3.05, 3.63) is 34.1 Å². The van der Waals surface area contributed by atoms with Gasteiger partial charge in [-0.05, 0) is 18.6 Å². The zero-order chi connectivity index (χ0) is 18.2. The second-order valence-electron chi connectivity index (χ2n) is 6.15. The summed E-state index contributed by atoms with van der Waals surface area (Å²) in [6, 6.07) is 2.63. The van der Waals surface area contributed by atoms with Crippen LogP contribution >= 0.6 is 11.6 Å². The highest BCUT2D eigenvalue weighted by molar-refractivity contribution is 7.89. The molecular weight excluding hydrogens is 359 g/mol. The molecule has 1 heterocycles. The molecule has 0 saturated carbocycles. The molecule has 0 bridgehead atoms. The lowest BCUT2D eigenvalue weighted by Gasteiger charge is -2.19. The summed E-state index contributed by atoms with van der Waals surface area (Å²) in [5, 5.41) is 10.1. The zero-order valence-electron chi connectivity index (χ0n) is 13.7. The number of aliphatic hydroxyl groups excluding tert-OH is 1. The molecule has 1 N–H and O–H groups in total. The number of likely N-dealkylation sites (tertiary alicyclic amines) is 1. The first-order chi connectivity index (χ1) is 11.0. The van der Waals surface area contributed by atoms with Crippen molar-refractivity contribution in [3.8, 4) is 0 Å². The first-order valence-electron chi connectivity index (χ1n) is 7.36. The molecule has 6 nitrogen and oxygen atoms in total. The number of hydrogen-bond donors (Lipinski definition) is 1. The molecule has 9 heteroatoms. The largest absolute Gasteiger partial charge is 0.391 e. The molecule has 2 rings (SSSR count). The van der Waals surface area contributed by atoms with E-state index in [9.17, 15) is 22.7 Å². The predicted molar refractivity (Wildman–Crippen MR) is 89.0 cm³/mol. The lowest BCUT2D eigenvalue weighted by Crippen LogP contribution is -2.34. The second kappa shape index (κ2) is 6.95. The molecule has 134 valence electrons. The molecule has 0 radical (unpaired) electrons. The van der Waals surface area contributed by atoms with Gasteiger partial charge in [0.15, 0.2) is 0 Å². The maximum Gasteiger partial charge on any atom is 0.258 e. The molecule has 1 aromatic carbocycles. The summed E-state index contributed by atoms with van der Waals surface area (Å²) >= 11 is 6.04. The van der Waals surface area contributed by atoms with Crippen molar-refractivity contribution < 1.29 is 22.7 Å². The fourth-order valence-corrected chi connectivity index (χ4v) is 4.02. The van der Waals surface area contributed by atoms with Crippen LogP contribution in [-0.2, 0) is 10.0 Å². The molecule has 0 unspecified atom stereocenters. The molecule has 1 aromatic rings. The van der Waals surface area contributed by atoms with E-state index in [-0.39, 0.29) is 29.4 Å². The van der Waals surface area contributed by atoms with Gasteiger partial charge in [0.1, 0.15) is 5.82 Å². The van der Waals surface area contributed by atoms with Gasteiger partial charge in [0.05, 0.1) is 22.4 Å². The fraction of sp³-hybridized carbons (Fsp3) is 0.533. The lowest BCUT2D eigenvalue weighted by molar-refractivity contribution is 0.0760. The normalized spacial score (nSPS) is 21.5. The van der Waals surface area contributed by atoms with E-state index < -0.39 is 33.8 Å².